The molecule has 2 aromatic carbocycles. The molecule has 0 spiro atoms. The van der Waals surface area contributed by atoms with Crippen molar-refractivity contribution in [3.05, 3.63) is 66.0 Å². The average Bonchev–Trinajstić information content (AvgIpc) is 2.65. The van der Waals surface area contributed by atoms with Crippen molar-refractivity contribution in [2.45, 2.75) is 5.92 Å². The summed E-state index contributed by atoms with van der Waals surface area (Å²) in [6, 6.07) is 15.9. The van der Waals surface area contributed by atoms with Crippen LogP contribution >= 0.6 is 0 Å². The van der Waals surface area contributed by atoms with Gasteiger partial charge in [-0.1, -0.05) is 36.4 Å². The van der Waals surface area contributed by atoms with Gasteiger partial charge in [0.2, 0.25) is 0 Å². The number of hydrogen-bond acceptors (Lipinski definition) is 3. The molecule has 3 N–H and O–H groups in total. The molecule has 2 aromatic rings. The Morgan fingerprint density at radius 2 is 1.96 bits per heavy atom. The Bertz CT molecular complexity index is 665. The van der Waals surface area contributed by atoms with E-state index in [1.54, 1.807) is 19.2 Å². The summed E-state index contributed by atoms with van der Waals surface area (Å²) in [6.07, 6.45) is 0. The minimum absolute atomic E-state index is 0.0108. The van der Waals surface area contributed by atoms with Crippen molar-refractivity contribution in [1.29, 1.82) is 0 Å². The second kappa shape index (κ2) is 10.3. The summed E-state index contributed by atoms with van der Waals surface area (Å²) in [5.41, 5.74) is 1.07. The first-order valence-electron chi connectivity index (χ1n) is 8.21. The topological polar surface area (TPSA) is 65.9 Å². The van der Waals surface area contributed by atoms with Crippen LogP contribution in [-0.2, 0) is 0 Å². The van der Waals surface area contributed by atoms with Crippen molar-refractivity contribution in [1.82, 2.24) is 10.6 Å². The molecule has 0 amide bonds. The third-order valence-corrected chi connectivity index (χ3v) is 3.69. The summed E-state index contributed by atoms with van der Waals surface area (Å²) < 4.78 is 18.5. The van der Waals surface area contributed by atoms with E-state index >= 15 is 0 Å². The van der Waals surface area contributed by atoms with Gasteiger partial charge in [-0.25, -0.2) is 4.39 Å². The van der Waals surface area contributed by atoms with Crippen molar-refractivity contribution in [3.8, 4) is 5.75 Å². The molecule has 1 atom stereocenters. The van der Waals surface area contributed by atoms with Crippen molar-refractivity contribution >= 4 is 5.96 Å². The van der Waals surface area contributed by atoms with Crippen LogP contribution in [-0.4, -0.2) is 44.4 Å². The van der Waals surface area contributed by atoms with E-state index in [-0.39, 0.29) is 18.3 Å². The molecule has 0 saturated carbocycles. The van der Waals surface area contributed by atoms with E-state index in [4.69, 9.17) is 4.74 Å². The molecule has 0 aliphatic heterocycles. The van der Waals surface area contributed by atoms with Gasteiger partial charge in [0.1, 0.15) is 18.2 Å². The third kappa shape index (κ3) is 6.43. The number of benzene rings is 2. The summed E-state index contributed by atoms with van der Waals surface area (Å²) in [5, 5.41) is 15.9. The van der Waals surface area contributed by atoms with Crippen molar-refractivity contribution in [2.24, 2.45) is 4.99 Å². The van der Waals surface area contributed by atoms with Gasteiger partial charge in [0, 0.05) is 25.6 Å². The maximum absolute atomic E-state index is 13.1. The Morgan fingerprint density at radius 1 is 1.16 bits per heavy atom. The van der Waals surface area contributed by atoms with Gasteiger partial charge < -0.3 is 20.5 Å². The molecule has 0 radical (unpaired) electrons. The number of aliphatic hydroxyl groups excluding tert-OH is 1. The number of nitrogens with zero attached hydrogens (tertiary/aromatic N) is 1. The van der Waals surface area contributed by atoms with Crippen LogP contribution in [0.1, 0.15) is 11.5 Å². The molecule has 0 saturated heterocycles. The standard InChI is InChI=1S/C19H24FN3O2/c1-21-19(22-10-11-25-18-9-5-8-17(20)12-18)23-13-16(14-24)15-6-3-2-4-7-15/h2-9,12,16,24H,10-11,13-14H2,1H3,(H2,21,22,23). The fourth-order valence-corrected chi connectivity index (χ4v) is 2.35. The zero-order valence-electron chi connectivity index (χ0n) is 14.3. The van der Waals surface area contributed by atoms with Gasteiger partial charge >= 0.3 is 0 Å². The van der Waals surface area contributed by atoms with Crippen LogP contribution in [0.3, 0.4) is 0 Å². The molecule has 25 heavy (non-hydrogen) atoms. The molecular weight excluding hydrogens is 321 g/mol. The second-order valence-electron chi connectivity index (χ2n) is 5.48. The molecule has 2 rings (SSSR count). The lowest BCUT2D eigenvalue weighted by Gasteiger charge is -2.18. The summed E-state index contributed by atoms with van der Waals surface area (Å²) in [6.45, 7) is 1.51. The molecule has 0 aliphatic carbocycles. The van der Waals surface area contributed by atoms with E-state index in [2.05, 4.69) is 15.6 Å². The molecule has 0 bridgehead atoms. The molecule has 0 aromatic heterocycles. The second-order valence-corrected chi connectivity index (χ2v) is 5.48. The summed E-state index contributed by atoms with van der Waals surface area (Å²) in [7, 11) is 1.68. The van der Waals surface area contributed by atoms with Crippen LogP contribution in [0.25, 0.3) is 0 Å². The Hall–Kier alpha value is -2.60. The molecule has 5 nitrogen and oxygen atoms in total. The maximum Gasteiger partial charge on any atom is 0.191 e. The minimum atomic E-state index is -0.320. The first-order chi connectivity index (χ1) is 12.2. The third-order valence-electron chi connectivity index (χ3n) is 3.69. The Morgan fingerprint density at radius 3 is 2.64 bits per heavy atom. The van der Waals surface area contributed by atoms with E-state index < -0.39 is 0 Å². The highest BCUT2D eigenvalue weighted by atomic mass is 19.1. The van der Waals surface area contributed by atoms with E-state index in [0.29, 0.717) is 31.4 Å². The first-order valence-corrected chi connectivity index (χ1v) is 8.21. The van der Waals surface area contributed by atoms with Crippen LogP contribution in [0.2, 0.25) is 0 Å². The number of halogens is 1. The highest BCUT2D eigenvalue weighted by molar-refractivity contribution is 5.79. The van der Waals surface area contributed by atoms with Crippen molar-refractivity contribution < 1.29 is 14.2 Å². The molecule has 6 heteroatoms. The molecule has 0 aliphatic rings. The van der Waals surface area contributed by atoms with Gasteiger partial charge in [0.25, 0.3) is 0 Å². The summed E-state index contributed by atoms with van der Waals surface area (Å²) in [5.74, 6) is 0.786. The predicted molar refractivity (Wildman–Crippen MR) is 97.5 cm³/mol. The van der Waals surface area contributed by atoms with Gasteiger partial charge in [-0.3, -0.25) is 4.99 Å². The lowest BCUT2D eigenvalue weighted by molar-refractivity contribution is 0.265. The van der Waals surface area contributed by atoms with Gasteiger partial charge in [-0.15, -0.1) is 0 Å². The lowest BCUT2D eigenvalue weighted by atomic mass is 10.0. The van der Waals surface area contributed by atoms with E-state index in [1.165, 1.54) is 12.1 Å². The van der Waals surface area contributed by atoms with E-state index in [9.17, 15) is 9.50 Å². The minimum Gasteiger partial charge on any atom is -0.492 e. The predicted octanol–water partition coefficient (Wildman–Crippen LogP) is 2.15. The monoisotopic (exact) mass is 345 g/mol. The summed E-state index contributed by atoms with van der Waals surface area (Å²) >= 11 is 0. The number of aliphatic hydroxyl groups is 1. The normalized spacial score (nSPS) is 12.5. The van der Waals surface area contributed by atoms with Crippen molar-refractivity contribution in [2.75, 3.05) is 33.4 Å². The molecule has 0 heterocycles. The van der Waals surface area contributed by atoms with Gasteiger partial charge in [0.05, 0.1) is 13.2 Å². The van der Waals surface area contributed by atoms with Crippen LogP contribution in [0, 0.1) is 5.82 Å². The fourth-order valence-electron chi connectivity index (χ4n) is 2.35. The molecule has 0 fully saturated rings. The highest BCUT2D eigenvalue weighted by Gasteiger charge is 2.10. The molecule has 134 valence electrons. The Balaban J connectivity index is 1.73. The zero-order chi connectivity index (χ0) is 17.9. The highest BCUT2D eigenvalue weighted by Crippen LogP contribution is 2.13. The van der Waals surface area contributed by atoms with Gasteiger partial charge in [0.15, 0.2) is 5.96 Å². The van der Waals surface area contributed by atoms with E-state index in [0.717, 1.165) is 5.56 Å². The van der Waals surface area contributed by atoms with Gasteiger partial charge in [-0.2, -0.15) is 0 Å². The maximum atomic E-state index is 13.1. The lowest BCUT2D eigenvalue weighted by Crippen LogP contribution is -2.41. The SMILES string of the molecule is CN=C(NCCOc1cccc(F)c1)NCC(CO)c1ccccc1. The fraction of sp³-hybridized carbons (Fsp3) is 0.316. The smallest absolute Gasteiger partial charge is 0.191 e. The first kappa shape index (κ1) is 18.7. The quantitative estimate of drug-likeness (QED) is 0.390. The van der Waals surface area contributed by atoms with Gasteiger partial charge in [-0.05, 0) is 17.7 Å². The number of aliphatic imine (C=N–C) groups is 1. The van der Waals surface area contributed by atoms with Crippen LogP contribution in [0.15, 0.2) is 59.6 Å². The number of guanidine groups is 1. The van der Waals surface area contributed by atoms with Crippen LogP contribution in [0.5, 0.6) is 5.75 Å². The zero-order valence-corrected chi connectivity index (χ0v) is 14.3. The molecular formula is C19H24FN3O2. The largest absolute Gasteiger partial charge is 0.492 e. The molecule has 1 unspecified atom stereocenters. The number of nitrogens with one attached hydrogen (secondary N) is 2. The van der Waals surface area contributed by atoms with Crippen LogP contribution < -0.4 is 15.4 Å². The number of rotatable bonds is 8. The van der Waals surface area contributed by atoms with E-state index in [1.807, 2.05) is 30.3 Å². The Kier molecular flexibility index (Phi) is 7.72. The number of hydrogen-bond donors (Lipinski definition) is 3. The average molecular weight is 345 g/mol. The number of ether oxygens (including phenoxy) is 1. The van der Waals surface area contributed by atoms with Crippen molar-refractivity contribution in [3.63, 3.8) is 0 Å². The summed E-state index contributed by atoms with van der Waals surface area (Å²) in [4.78, 5) is 4.14. The van der Waals surface area contributed by atoms with Crippen LogP contribution in [0.4, 0.5) is 4.39 Å². The Labute approximate surface area is 147 Å².